The second kappa shape index (κ2) is 4.33. The molecule has 0 amide bonds. The molecule has 1 aromatic heterocycles. The number of aryl methyl sites for hydroxylation is 2. The predicted molar refractivity (Wildman–Crippen MR) is 69.2 cm³/mol. The van der Waals surface area contributed by atoms with Crippen molar-refractivity contribution in [2.24, 2.45) is 7.05 Å². The van der Waals surface area contributed by atoms with Gasteiger partial charge in [0.1, 0.15) is 0 Å². The number of nitrogens with zero attached hydrogens (tertiary/aromatic N) is 3. The van der Waals surface area contributed by atoms with Gasteiger partial charge < -0.3 is 14.8 Å². The van der Waals surface area contributed by atoms with E-state index in [1.165, 1.54) is 38.8 Å². The van der Waals surface area contributed by atoms with Crippen LogP contribution in [-0.2, 0) is 7.05 Å². The number of anilines is 1. The molecule has 0 spiro atoms. The second-order valence-corrected chi connectivity index (χ2v) is 5.51. The van der Waals surface area contributed by atoms with Crippen molar-refractivity contribution in [1.29, 1.82) is 0 Å². The molecule has 0 aromatic carbocycles. The Kier molecular flexibility index (Phi) is 2.82. The summed E-state index contributed by atoms with van der Waals surface area (Å²) in [7, 11) is 2.06. The molecule has 4 heteroatoms. The fourth-order valence-corrected chi connectivity index (χ4v) is 3.29. The molecule has 0 aliphatic carbocycles. The highest BCUT2D eigenvalue weighted by Crippen LogP contribution is 2.28. The first kappa shape index (κ1) is 11.1. The van der Waals surface area contributed by atoms with Crippen LogP contribution in [0.15, 0.2) is 6.20 Å². The minimum Gasteiger partial charge on any atom is -0.353 e. The monoisotopic (exact) mass is 234 g/mol. The van der Waals surface area contributed by atoms with Gasteiger partial charge in [0.05, 0.1) is 5.69 Å². The Morgan fingerprint density at radius 3 is 3.00 bits per heavy atom. The number of rotatable bonds is 2. The molecule has 3 rings (SSSR count). The average Bonchev–Trinajstić information content (AvgIpc) is 2.85. The van der Waals surface area contributed by atoms with Crippen LogP contribution in [0.1, 0.15) is 31.4 Å². The third-order valence-electron chi connectivity index (χ3n) is 4.15. The van der Waals surface area contributed by atoms with Crippen molar-refractivity contribution in [2.45, 2.75) is 44.7 Å². The van der Waals surface area contributed by atoms with Crippen LogP contribution < -0.4 is 5.32 Å². The Labute approximate surface area is 103 Å². The van der Waals surface area contributed by atoms with Crippen molar-refractivity contribution in [2.75, 3.05) is 18.4 Å². The Hall–Kier alpha value is -1.03. The van der Waals surface area contributed by atoms with E-state index in [0.717, 1.165) is 17.7 Å². The van der Waals surface area contributed by atoms with Gasteiger partial charge in [-0.05, 0) is 39.2 Å². The summed E-state index contributed by atoms with van der Waals surface area (Å²) in [5, 5.41) is 3.61. The smallest absolute Gasteiger partial charge is 0.202 e. The van der Waals surface area contributed by atoms with E-state index >= 15 is 0 Å². The van der Waals surface area contributed by atoms with Crippen LogP contribution >= 0.6 is 0 Å². The maximum atomic E-state index is 4.53. The van der Waals surface area contributed by atoms with Crippen LogP contribution in [0.3, 0.4) is 0 Å². The van der Waals surface area contributed by atoms with Crippen molar-refractivity contribution < 1.29 is 0 Å². The van der Waals surface area contributed by atoms with E-state index in [4.69, 9.17) is 0 Å². The highest BCUT2D eigenvalue weighted by atomic mass is 15.2. The summed E-state index contributed by atoms with van der Waals surface area (Å²) in [5.41, 5.74) is 1.09. The zero-order valence-electron chi connectivity index (χ0n) is 10.8. The normalized spacial score (nSPS) is 29.3. The Morgan fingerprint density at radius 1 is 1.35 bits per heavy atom. The molecule has 4 nitrogen and oxygen atoms in total. The SMILES string of the molecule is Cc1cn(C)c(NC2CCN3CCCC3C2)n1. The number of piperidine rings is 1. The lowest BCUT2D eigenvalue weighted by Gasteiger charge is -2.35. The highest BCUT2D eigenvalue weighted by Gasteiger charge is 2.31. The van der Waals surface area contributed by atoms with E-state index in [0.29, 0.717) is 6.04 Å². The summed E-state index contributed by atoms with van der Waals surface area (Å²) in [5.74, 6) is 1.03. The van der Waals surface area contributed by atoms with Gasteiger partial charge in [0.25, 0.3) is 0 Å². The first-order valence-electron chi connectivity index (χ1n) is 6.73. The maximum absolute atomic E-state index is 4.53. The zero-order chi connectivity index (χ0) is 11.8. The average molecular weight is 234 g/mol. The van der Waals surface area contributed by atoms with Crippen LogP contribution in [-0.4, -0.2) is 39.6 Å². The summed E-state index contributed by atoms with van der Waals surface area (Å²) in [6.07, 6.45) is 7.39. The van der Waals surface area contributed by atoms with Crippen LogP contribution in [0.2, 0.25) is 0 Å². The van der Waals surface area contributed by atoms with Crippen molar-refractivity contribution >= 4 is 5.95 Å². The van der Waals surface area contributed by atoms with Gasteiger partial charge in [0.2, 0.25) is 5.95 Å². The number of imidazole rings is 1. The minimum absolute atomic E-state index is 0.606. The van der Waals surface area contributed by atoms with Crippen LogP contribution in [0.25, 0.3) is 0 Å². The summed E-state index contributed by atoms with van der Waals surface area (Å²) in [6.45, 7) is 4.62. The van der Waals surface area contributed by atoms with Gasteiger partial charge in [-0.2, -0.15) is 0 Å². The topological polar surface area (TPSA) is 33.1 Å². The molecular formula is C13H22N4. The standard InChI is InChI=1S/C13H22N4/c1-10-9-16(2)13(14-10)15-11-5-7-17-6-3-4-12(17)8-11/h9,11-12H,3-8H2,1-2H3,(H,14,15). The van der Waals surface area contributed by atoms with Crippen molar-refractivity contribution in [1.82, 2.24) is 14.5 Å². The lowest BCUT2D eigenvalue weighted by molar-refractivity contribution is 0.187. The van der Waals surface area contributed by atoms with Crippen molar-refractivity contribution in [3.63, 3.8) is 0 Å². The summed E-state index contributed by atoms with van der Waals surface area (Å²) in [6, 6.07) is 1.43. The first-order chi connectivity index (χ1) is 8.22. The van der Waals surface area contributed by atoms with Gasteiger partial charge in [0, 0.05) is 31.9 Å². The molecule has 2 saturated heterocycles. The maximum Gasteiger partial charge on any atom is 0.202 e. The molecule has 2 atom stereocenters. The van der Waals surface area contributed by atoms with Crippen LogP contribution in [0.5, 0.6) is 0 Å². The molecule has 0 saturated carbocycles. The third-order valence-corrected chi connectivity index (χ3v) is 4.15. The van der Waals surface area contributed by atoms with Gasteiger partial charge in [-0.15, -0.1) is 0 Å². The second-order valence-electron chi connectivity index (χ2n) is 5.51. The van der Waals surface area contributed by atoms with Gasteiger partial charge >= 0.3 is 0 Å². The van der Waals surface area contributed by atoms with Gasteiger partial charge in [-0.1, -0.05) is 0 Å². The molecule has 0 bridgehead atoms. The van der Waals surface area contributed by atoms with E-state index in [1.54, 1.807) is 0 Å². The molecular weight excluding hydrogens is 212 g/mol. The number of aromatic nitrogens is 2. The van der Waals surface area contributed by atoms with Gasteiger partial charge in [-0.25, -0.2) is 4.98 Å². The Balaban J connectivity index is 1.64. The minimum atomic E-state index is 0.606. The van der Waals surface area contributed by atoms with Crippen LogP contribution in [0.4, 0.5) is 5.95 Å². The lowest BCUT2D eigenvalue weighted by Crippen LogP contribution is -2.43. The molecule has 2 aliphatic heterocycles. The molecule has 2 unspecified atom stereocenters. The first-order valence-corrected chi connectivity index (χ1v) is 6.73. The quantitative estimate of drug-likeness (QED) is 0.846. The number of fused-ring (bicyclic) bond motifs is 1. The molecule has 2 aliphatic rings. The summed E-state index contributed by atoms with van der Waals surface area (Å²) >= 11 is 0. The van der Waals surface area contributed by atoms with E-state index in [2.05, 4.69) is 33.0 Å². The molecule has 1 N–H and O–H groups in total. The molecule has 3 heterocycles. The Morgan fingerprint density at radius 2 is 2.24 bits per heavy atom. The van der Waals surface area contributed by atoms with Crippen LogP contribution in [0, 0.1) is 6.92 Å². The van der Waals surface area contributed by atoms with E-state index in [9.17, 15) is 0 Å². The van der Waals surface area contributed by atoms with E-state index in [-0.39, 0.29) is 0 Å². The third kappa shape index (κ3) is 2.18. The summed E-state index contributed by atoms with van der Waals surface area (Å²) in [4.78, 5) is 7.18. The molecule has 94 valence electrons. The fraction of sp³-hybridized carbons (Fsp3) is 0.769. The van der Waals surface area contributed by atoms with Gasteiger partial charge in [-0.3, -0.25) is 0 Å². The number of hydrogen-bond acceptors (Lipinski definition) is 3. The zero-order valence-corrected chi connectivity index (χ0v) is 10.8. The lowest BCUT2D eigenvalue weighted by atomic mass is 9.98. The molecule has 17 heavy (non-hydrogen) atoms. The van der Waals surface area contributed by atoms with Crippen molar-refractivity contribution in [3.8, 4) is 0 Å². The van der Waals surface area contributed by atoms with Crippen molar-refractivity contribution in [3.05, 3.63) is 11.9 Å². The number of hydrogen-bond donors (Lipinski definition) is 1. The van der Waals surface area contributed by atoms with Gasteiger partial charge in [0.15, 0.2) is 0 Å². The number of nitrogens with one attached hydrogen (secondary N) is 1. The summed E-state index contributed by atoms with van der Waals surface area (Å²) < 4.78 is 2.09. The Bertz CT molecular complexity index is 398. The highest BCUT2D eigenvalue weighted by molar-refractivity contribution is 5.30. The largest absolute Gasteiger partial charge is 0.353 e. The molecule has 2 fully saturated rings. The van der Waals surface area contributed by atoms with E-state index in [1.807, 2.05) is 6.92 Å². The molecule has 0 radical (unpaired) electrons. The molecule has 1 aromatic rings. The van der Waals surface area contributed by atoms with E-state index < -0.39 is 0 Å². The predicted octanol–water partition coefficient (Wildman–Crippen LogP) is 1.77. The fourth-order valence-electron chi connectivity index (χ4n) is 3.29.